The standard InChI is InChI=1S/C18H20FNO2/c1-10(13-4-5-13)8-17(21)20-12(3)18-11(2)15-9-14(19)6-7-16(15)22-18/h6-9,12-13H,4-5H2,1-3H3,(H,20,21)/b10-8-. The molecule has 116 valence electrons. The second-order valence-electron chi connectivity index (χ2n) is 6.12. The molecule has 4 heteroatoms. The van der Waals surface area contributed by atoms with Gasteiger partial charge in [-0.05, 0) is 57.7 Å². The first-order valence-electron chi connectivity index (χ1n) is 7.63. The maximum Gasteiger partial charge on any atom is 0.244 e. The number of nitrogens with one attached hydrogen (secondary N) is 1. The van der Waals surface area contributed by atoms with Gasteiger partial charge >= 0.3 is 0 Å². The van der Waals surface area contributed by atoms with Crippen molar-refractivity contribution in [2.24, 2.45) is 5.92 Å². The highest BCUT2D eigenvalue weighted by atomic mass is 19.1. The Balaban J connectivity index is 1.79. The molecule has 1 N–H and O–H groups in total. The fraction of sp³-hybridized carbons (Fsp3) is 0.389. The molecule has 22 heavy (non-hydrogen) atoms. The molecule has 0 aliphatic heterocycles. The molecule has 1 aromatic heterocycles. The third-order valence-electron chi connectivity index (χ3n) is 4.27. The highest BCUT2D eigenvalue weighted by Crippen LogP contribution is 2.36. The predicted molar refractivity (Wildman–Crippen MR) is 83.9 cm³/mol. The summed E-state index contributed by atoms with van der Waals surface area (Å²) in [6.07, 6.45) is 4.03. The van der Waals surface area contributed by atoms with Crippen molar-refractivity contribution >= 4 is 16.9 Å². The third-order valence-corrected chi connectivity index (χ3v) is 4.27. The van der Waals surface area contributed by atoms with Crippen LogP contribution in [0.25, 0.3) is 11.0 Å². The third kappa shape index (κ3) is 2.91. The number of amides is 1. The van der Waals surface area contributed by atoms with Gasteiger partial charge in [0.05, 0.1) is 6.04 Å². The number of allylic oxidation sites excluding steroid dienone is 1. The molecule has 0 radical (unpaired) electrons. The number of aryl methyl sites for hydroxylation is 1. The van der Waals surface area contributed by atoms with E-state index in [4.69, 9.17) is 4.42 Å². The van der Waals surface area contributed by atoms with Gasteiger partial charge in [0, 0.05) is 17.0 Å². The fourth-order valence-electron chi connectivity index (χ4n) is 2.81. The van der Waals surface area contributed by atoms with Crippen LogP contribution < -0.4 is 5.32 Å². The Hall–Kier alpha value is -2.10. The smallest absolute Gasteiger partial charge is 0.244 e. The molecule has 0 saturated heterocycles. The minimum atomic E-state index is -0.289. The van der Waals surface area contributed by atoms with Gasteiger partial charge in [-0.15, -0.1) is 0 Å². The molecule has 1 fully saturated rings. The molecular formula is C18H20FNO2. The molecule has 1 atom stereocenters. The first kappa shape index (κ1) is 14.8. The zero-order chi connectivity index (χ0) is 15.9. The van der Waals surface area contributed by atoms with Crippen molar-refractivity contribution in [3.63, 3.8) is 0 Å². The van der Waals surface area contributed by atoms with Crippen molar-refractivity contribution in [2.75, 3.05) is 0 Å². The molecule has 1 heterocycles. The topological polar surface area (TPSA) is 42.2 Å². The van der Waals surface area contributed by atoms with Gasteiger partial charge in [-0.2, -0.15) is 0 Å². The lowest BCUT2D eigenvalue weighted by Gasteiger charge is -2.11. The summed E-state index contributed by atoms with van der Waals surface area (Å²) in [5, 5.41) is 3.67. The van der Waals surface area contributed by atoms with Gasteiger partial charge in [0.1, 0.15) is 17.2 Å². The van der Waals surface area contributed by atoms with Crippen molar-refractivity contribution in [3.8, 4) is 0 Å². The lowest BCUT2D eigenvalue weighted by molar-refractivity contribution is -0.117. The monoisotopic (exact) mass is 301 g/mol. The summed E-state index contributed by atoms with van der Waals surface area (Å²) in [5.41, 5.74) is 2.64. The number of halogens is 1. The van der Waals surface area contributed by atoms with Gasteiger partial charge in [0.25, 0.3) is 0 Å². The van der Waals surface area contributed by atoms with E-state index in [0.29, 0.717) is 17.3 Å². The number of furan rings is 1. The number of benzene rings is 1. The molecule has 1 aliphatic carbocycles. The minimum Gasteiger partial charge on any atom is -0.459 e. The van der Waals surface area contributed by atoms with Crippen LogP contribution in [0.3, 0.4) is 0 Å². The van der Waals surface area contributed by atoms with Gasteiger partial charge in [-0.25, -0.2) is 4.39 Å². The van der Waals surface area contributed by atoms with Gasteiger partial charge in [-0.1, -0.05) is 5.57 Å². The van der Waals surface area contributed by atoms with Crippen molar-refractivity contribution in [1.82, 2.24) is 5.32 Å². The number of hydrogen-bond donors (Lipinski definition) is 1. The molecule has 3 nitrogen and oxygen atoms in total. The average molecular weight is 301 g/mol. The molecule has 1 aliphatic rings. The second kappa shape index (κ2) is 5.59. The van der Waals surface area contributed by atoms with Crippen molar-refractivity contribution < 1.29 is 13.6 Å². The van der Waals surface area contributed by atoms with Crippen LogP contribution in [0.4, 0.5) is 4.39 Å². The van der Waals surface area contributed by atoms with E-state index in [1.54, 1.807) is 12.1 Å². The van der Waals surface area contributed by atoms with Crippen LogP contribution in [0.2, 0.25) is 0 Å². The number of rotatable bonds is 4. The summed E-state index contributed by atoms with van der Waals surface area (Å²) in [6, 6.07) is 4.20. The van der Waals surface area contributed by atoms with E-state index in [0.717, 1.165) is 16.5 Å². The summed E-state index contributed by atoms with van der Waals surface area (Å²) < 4.78 is 19.1. The van der Waals surface area contributed by atoms with Gasteiger partial charge in [0.15, 0.2) is 0 Å². The van der Waals surface area contributed by atoms with Crippen LogP contribution in [0.1, 0.15) is 44.1 Å². The zero-order valence-electron chi connectivity index (χ0n) is 13.1. The maximum atomic E-state index is 13.3. The Bertz CT molecular complexity index is 756. The van der Waals surface area contributed by atoms with E-state index in [2.05, 4.69) is 5.32 Å². The van der Waals surface area contributed by atoms with Crippen molar-refractivity contribution in [2.45, 2.75) is 39.7 Å². The quantitative estimate of drug-likeness (QED) is 0.850. The highest BCUT2D eigenvalue weighted by molar-refractivity contribution is 5.89. The van der Waals surface area contributed by atoms with Crippen molar-refractivity contribution in [3.05, 3.63) is 47.0 Å². The summed E-state index contributed by atoms with van der Waals surface area (Å²) in [4.78, 5) is 12.1. The highest BCUT2D eigenvalue weighted by Gasteiger charge is 2.24. The van der Waals surface area contributed by atoms with Crippen LogP contribution in [-0.2, 0) is 4.79 Å². The van der Waals surface area contributed by atoms with E-state index in [9.17, 15) is 9.18 Å². The number of fused-ring (bicyclic) bond motifs is 1. The van der Waals surface area contributed by atoms with Gasteiger partial charge in [0.2, 0.25) is 5.91 Å². The van der Waals surface area contributed by atoms with E-state index in [1.165, 1.54) is 25.0 Å². The van der Waals surface area contributed by atoms with E-state index in [1.807, 2.05) is 20.8 Å². The Morgan fingerprint density at radius 3 is 2.86 bits per heavy atom. The Labute approximate surface area is 129 Å². The van der Waals surface area contributed by atoms with Crippen LogP contribution in [0.15, 0.2) is 34.3 Å². The lowest BCUT2D eigenvalue weighted by atomic mass is 10.1. The second-order valence-corrected chi connectivity index (χ2v) is 6.12. The fourth-order valence-corrected chi connectivity index (χ4v) is 2.81. The molecule has 0 spiro atoms. The molecule has 1 saturated carbocycles. The average Bonchev–Trinajstić information content (AvgIpc) is 3.25. The summed E-state index contributed by atoms with van der Waals surface area (Å²) >= 11 is 0. The van der Waals surface area contributed by atoms with E-state index < -0.39 is 0 Å². The molecule has 2 aromatic rings. The van der Waals surface area contributed by atoms with E-state index >= 15 is 0 Å². The molecule has 1 amide bonds. The Morgan fingerprint density at radius 2 is 2.18 bits per heavy atom. The molecule has 1 aromatic carbocycles. The molecule has 0 bridgehead atoms. The number of hydrogen-bond acceptors (Lipinski definition) is 2. The SMILES string of the molecule is C/C(=C/C(=O)NC(C)c1oc2ccc(F)cc2c1C)C1CC1. The number of carbonyl (C=O) groups excluding carboxylic acids is 1. The predicted octanol–water partition coefficient (Wildman–Crippen LogP) is 4.41. The van der Waals surface area contributed by atoms with E-state index in [-0.39, 0.29) is 17.8 Å². The van der Waals surface area contributed by atoms with Crippen LogP contribution in [0.5, 0.6) is 0 Å². The van der Waals surface area contributed by atoms with Gasteiger partial charge in [-0.3, -0.25) is 4.79 Å². The van der Waals surface area contributed by atoms with Gasteiger partial charge < -0.3 is 9.73 Å². The molecule has 3 rings (SSSR count). The molecule has 1 unspecified atom stereocenters. The largest absolute Gasteiger partial charge is 0.459 e. The number of carbonyl (C=O) groups is 1. The van der Waals surface area contributed by atoms with Crippen LogP contribution in [-0.4, -0.2) is 5.91 Å². The minimum absolute atomic E-state index is 0.108. The Kier molecular flexibility index (Phi) is 3.77. The first-order chi connectivity index (χ1) is 10.5. The summed E-state index contributed by atoms with van der Waals surface area (Å²) in [5.74, 6) is 0.856. The lowest BCUT2D eigenvalue weighted by Crippen LogP contribution is -2.25. The van der Waals surface area contributed by atoms with Crippen LogP contribution in [0, 0.1) is 18.7 Å². The van der Waals surface area contributed by atoms with Crippen molar-refractivity contribution in [1.29, 1.82) is 0 Å². The summed E-state index contributed by atoms with van der Waals surface area (Å²) in [7, 11) is 0. The Morgan fingerprint density at radius 1 is 1.45 bits per heavy atom. The first-order valence-corrected chi connectivity index (χ1v) is 7.63. The molecular weight excluding hydrogens is 281 g/mol. The summed E-state index contributed by atoms with van der Waals surface area (Å²) in [6.45, 7) is 5.75. The zero-order valence-corrected chi connectivity index (χ0v) is 13.1. The maximum absolute atomic E-state index is 13.3. The van der Waals surface area contributed by atoms with Crippen LogP contribution >= 0.6 is 0 Å². The normalized spacial score (nSPS) is 16.8.